The van der Waals surface area contributed by atoms with Gasteiger partial charge in [0.2, 0.25) is 0 Å². The maximum Gasteiger partial charge on any atom is 0.416 e. The SMILES string of the molecule is COC[C@H](C)N1C(=O)c2ccc(OCc3cc(C(F)(F)F)cc(C(F)(F)F)c3)cc2C1=O. The zero-order valence-corrected chi connectivity index (χ0v) is 16.8. The summed E-state index contributed by atoms with van der Waals surface area (Å²) < 4.78 is 88.3. The molecule has 0 aromatic heterocycles. The van der Waals surface area contributed by atoms with Crippen molar-refractivity contribution in [2.75, 3.05) is 13.7 Å². The first-order valence-electron chi connectivity index (χ1n) is 9.25. The van der Waals surface area contributed by atoms with Gasteiger partial charge in [-0.25, -0.2) is 0 Å². The summed E-state index contributed by atoms with van der Waals surface area (Å²) in [6.07, 6.45) is -9.95. The molecule has 2 amide bonds. The molecule has 0 unspecified atom stereocenters. The van der Waals surface area contributed by atoms with Gasteiger partial charge in [-0.2, -0.15) is 26.3 Å². The van der Waals surface area contributed by atoms with Crippen molar-refractivity contribution in [1.29, 1.82) is 0 Å². The number of nitrogens with zero attached hydrogens (tertiary/aromatic N) is 1. The lowest BCUT2D eigenvalue weighted by Crippen LogP contribution is -2.40. The first kappa shape index (κ1) is 23.6. The molecule has 1 heterocycles. The number of carbonyl (C=O) groups is 2. The maximum atomic E-state index is 13.0. The minimum absolute atomic E-state index is 0.0112. The van der Waals surface area contributed by atoms with Crippen LogP contribution in [0.15, 0.2) is 36.4 Å². The first-order chi connectivity index (χ1) is 14.8. The fourth-order valence-corrected chi connectivity index (χ4v) is 3.31. The van der Waals surface area contributed by atoms with Crippen molar-refractivity contribution in [2.45, 2.75) is 31.9 Å². The summed E-state index contributed by atoms with van der Waals surface area (Å²) in [4.78, 5) is 26.1. The predicted molar refractivity (Wildman–Crippen MR) is 99.1 cm³/mol. The molecule has 1 aliphatic heterocycles. The molecule has 0 aliphatic carbocycles. The molecule has 2 aromatic carbocycles. The van der Waals surface area contributed by atoms with Crippen molar-refractivity contribution in [3.05, 3.63) is 64.2 Å². The Morgan fingerprint density at radius 1 is 0.875 bits per heavy atom. The third-order valence-electron chi connectivity index (χ3n) is 4.79. The molecular weight excluding hydrogens is 444 g/mol. The smallest absolute Gasteiger partial charge is 0.416 e. The van der Waals surface area contributed by atoms with Gasteiger partial charge in [0.25, 0.3) is 11.8 Å². The lowest BCUT2D eigenvalue weighted by molar-refractivity contribution is -0.143. The van der Waals surface area contributed by atoms with Crippen LogP contribution in [0, 0.1) is 0 Å². The van der Waals surface area contributed by atoms with Crippen molar-refractivity contribution in [1.82, 2.24) is 4.90 Å². The highest BCUT2D eigenvalue weighted by atomic mass is 19.4. The monoisotopic (exact) mass is 461 g/mol. The Balaban J connectivity index is 1.84. The van der Waals surface area contributed by atoms with Crippen molar-refractivity contribution in [3.63, 3.8) is 0 Å². The fourth-order valence-electron chi connectivity index (χ4n) is 3.31. The van der Waals surface area contributed by atoms with E-state index >= 15 is 0 Å². The van der Waals surface area contributed by atoms with E-state index in [-0.39, 0.29) is 35.1 Å². The lowest BCUT2D eigenvalue weighted by atomic mass is 10.1. The summed E-state index contributed by atoms with van der Waals surface area (Å²) in [6.45, 7) is 1.12. The number of alkyl halides is 6. The fraction of sp³-hybridized carbons (Fsp3) is 0.333. The second-order valence-corrected chi connectivity index (χ2v) is 7.19. The Morgan fingerprint density at radius 2 is 1.44 bits per heavy atom. The Hall–Kier alpha value is -3.08. The van der Waals surface area contributed by atoms with Crippen LogP contribution in [-0.4, -0.2) is 36.5 Å². The average Bonchev–Trinajstić information content (AvgIpc) is 2.95. The molecule has 1 atom stereocenters. The Morgan fingerprint density at radius 3 is 1.97 bits per heavy atom. The summed E-state index contributed by atoms with van der Waals surface area (Å²) in [6, 6.07) is 4.47. The summed E-state index contributed by atoms with van der Waals surface area (Å²) in [5, 5.41) is 0. The van der Waals surface area contributed by atoms with Crippen LogP contribution in [0.25, 0.3) is 0 Å². The summed E-state index contributed by atoms with van der Waals surface area (Å²) in [5.74, 6) is -1.12. The van der Waals surface area contributed by atoms with Gasteiger partial charge in [0.05, 0.1) is 34.9 Å². The van der Waals surface area contributed by atoms with Gasteiger partial charge in [0.15, 0.2) is 0 Å². The van der Waals surface area contributed by atoms with Crippen LogP contribution < -0.4 is 4.74 Å². The molecule has 11 heteroatoms. The van der Waals surface area contributed by atoms with E-state index < -0.39 is 47.9 Å². The lowest BCUT2D eigenvalue weighted by Gasteiger charge is -2.21. The van der Waals surface area contributed by atoms with Gasteiger partial charge < -0.3 is 9.47 Å². The zero-order chi connectivity index (χ0) is 23.8. The number of methoxy groups -OCH3 is 1. The standard InChI is InChI=1S/C21H17F6NO4/c1-11(9-31-2)28-18(29)16-4-3-15(8-17(16)19(28)30)32-10-12-5-13(20(22,23)24)7-14(6-12)21(25,26)27/h3-8,11H,9-10H2,1-2H3/t11-/m0/s1. The second kappa shape index (κ2) is 8.45. The third kappa shape index (κ3) is 4.72. The van der Waals surface area contributed by atoms with Crippen LogP contribution in [0.4, 0.5) is 26.3 Å². The average molecular weight is 461 g/mol. The molecule has 3 rings (SSSR count). The first-order valence-corrected chi connectivity index (χ1v) is 9.25. The summed E-state index contributed by atoms with van der Waals surface area (Å²) in [7, 11) is 1.42. The van der Waals surface area contributed by atoms with E-state index in [1.54, 1.807) is 6.92 Å². The molecule has 0 saturated carbocycles. The number of ether oxygens (including phenoxy) is 2. The predicted octanol–water partition coefficient (Wildman–Crippen LogP) is 4.93. The van der Waals surface area contributed by atoms with E-state index in [9.17, 15) is 35.9 Å². The van der Waals surface area contributed by atoms with Crippen molar-refractivity contribution < 1.29 is 45.4 Å². The van der Waals surface area contributed by atoms with E-state index in [0.717, 1.165) is 4.90 Å². The summed E-state index contributed by atoms with van der Waals surface area (Å²) in [5.41, 5.74) is -3.13. The number of rotatable bonds is 6. The van der Waals surface area contributed by atoms with E-state index in [1.807, 2.05) is 0 Å². The van der Waals surface area contributed by atoms with Gasteiger partial charge in [-0.3, -0.25) is 14.5 Å². The number of hydrogen-bond donors (Lipinski definition) is 0. The zero-order valence-electron chi connectivity index (χ0n) is 16.8. The van der Waals surface area contributed by atoms with Crippen molar-refractivity contribution >= 4 is 11.8 Å². The number of hydrogen-bond acceptors (Lipinski definition) is 4. The molecule has 32 heavy (non-hydrogen) atoms. The van der Waals surface area contributed by atoms with Gasteiger partial charge in [0, 0.05) is 7.11 Å². The summed E-state index contributed by atoms with van der Waals surface area (Å²) >= 11 is 0. The van der Waals surface area contributed by atoms with Crippen molar-refractivity contribution in [3.8, 4) is 5.75 Å². The van der Waals surface area contributed by atoms with Gasteiger partial charge in [-0.1, -0.05) is 0 Å². The Labute approximate surface area is 178 Å². The molecule has 2 aromatic rings. The number of fused-ring (bicyclic) bond motifs is 1. The highest BCUT2D eigenvalue weighted by molar-refractivity contribution is 6.21. The highest BCUT2D eigenvalue weighted by Crippen LogP contribution is 2.36. The van der Waals surface area contributed by atoms with Crippen LogP contribution in [0.1, 0.15) is 44.3 Å². The van der Waals surface area contributed by atoms with Crippen LogP contribution in [0.2, 0.25) is 0 Å². The third-order valence-corrected chi connectivity index (χ3v) is 4.79. The molecule has 0 bridgehead atoms. The molecule has 0 saturated heterocycles. The normalized spacial score (nSPS) is 15.2. The second-order valence-electron chi connectivity index (χ2n) is 7.19. The minimum Gasteiger partial charge on any atom is -0.489 e. The van der Waals surface area contributed by atoms with Gasteiger partial charge in [-0.15, -0.1) is 0 Å². The van der Waals surface area contributed by atoms with E-state index in [1.165, 1.54) is 25.3 Å². The largest absolute Gasteiger partial charge is 0.489 e. The molecule has 1 aliphatic rings. The Bertz CT molecular complexity index is 1020. The molecule has 0 fully saturated rings. The van der Waals surface area contributed by atoms with Gasteiger partial charge >= 0.3 is 12.4 Å². The molecule has 0 radical (unpaired) electrons. The number of benzene rings is 2. The van der Waals surface area contributed by atoms with E-state index in [0.29, 0.717) is 12.1 Å². The van der Waals surface area contributed by atoms with Crippen LogP contribution in [-0.2, 0) is 23.7 Å². The van der Waals surface area contributed by atoms with Crippen LogP contribution in [0.3, 0.4) is 0 Å². The van der Waals surface area contributed by atoms with Gasteiger partial charge in [-0.05, 0) is 48.9 Å². The van der Waals surface area contributed by atoms with E-state index in [2.05, 4.69) is 0 Å². The maximum absolute atomic E-state index is 13.0. The molecular formula is C21H17F6NO4. The number of carbonyl (C=O) groups excluding carboxylic acids is 2. The molecule has 172 valence electrons. The Kier molecular flexibility index (Phi) is 6.23. The number of imide groups is 1. The van der Waals surface area contributed by atoms with Crippen LogP contribution in [0.5, 0.6) is 5.75 Å². The molecule has 0 spiro atoms. The minimum atomic E-state index is -4.97. The number of halogens is 6. The van der Waals surface area contributed by atoms with Crippen molar-refractivity contribution in [2.24, 2.45) is 0 Å². The molecule has 5 nitrogen and oxygen atoms in total. The van der Waals surface area contributed by atoms with Gasteiger partial charge in [0.1, 0.15) is 12.4 Å². The number of amides is 2. The van der Waals surface area contributed by atoms with Crippen LogP contribution >= 0.6 is 0 Å². The highest BCUT2D eigenvalue weighted by Gasteiger charge is 2.39. The quantitative estimate of drug-likeness (QED) is 0.452. The topological polar surface area (TPSA) is 55.8 Å². The van der Waals surface area contributed by atoms with E-state index in [4.69, 9.17) is 9.47 Å². The molecule has 0 N–H and O–H groups in total.